The maximum atomic E-state index is 11.6. The van der Waals surface area contributed by atoms with Gasteiger partial charge >= 0.3 is 0 Å². The fraction of sp³-hybridized carbons (Fsp3) is 1.00. The zero-order valence-corrected chi connectivity index (χ0v) is 19.9. The number of hydrogen-bond acceptors (Lipinski definition) is 2. The van der Waals surface area contributed by atoms with Crippen LogP contribution in [-0.2, 0) is 0 Å². The molecule has 0 radical (unpaired) electrons. The van der Waals surface area contributed by atoms with E-state index in [4.69, 9.17) is 0 Å². The Morgan fingerprint density at radius 2 is 1.62 bits per heavy atom. The maximum absolute atomic E-state index is 11.6. The van der Waals surface area contributed by atoms with Crippen LogP contribution in [0.25, 0.3) is 0 Å². The summed E-state index contributed by atoms with van der Waals surface area (Å²) >= 11 is 0. The second kappa shape index (κ2) is 7.80. The minimum atomic E-state index is -0.831. The Labute approximate surface area is 180 Å². The van der Waals surface area contributed by atoms with Gasteiger partial charge in [0.25, 0.3) is 0 Å². The summed E-state index contributed by atoms with van der Waals surface area (Å²) in [5, 5.41) is 22.8. The Morgan fingerprint density at radius 1 is 0.897 bits per heavy atom. The number of rotatable bonds is 5. The van der Waals surface area contributed by atoms with Crippen LogP contribution in [0.15, 0.2) is 0 Å². The molecule has 2 nitrogen and oxygen atoms in total. The molecule has 2 N–H and O–H groups in total. The van der Waals surface area contributed by atoms with E-state index in [0.29, 0.717) is 17.3 Å². The van der Waals surface area contributed by atoms with Gasteiger partial charge in [0.05, 0.1) is 11.7 Å². The van der Waals surface area contributed by atoms with Crippen molar-refractivity contribution in [3.63, 3.8) is 0 Å². The van der Waals surface area contributed by atoms with E-state index in [1.54, 1.807) is 0 Å². The second-order valence-electron chi connectivity index (χ2n) is 12.7. The molecular weight excluding hydrogens is 356 g/mol. The van der Waals surface area contributed by atoms with Crippen molar-refractivity contribution in [3.05, 3.63) is 0 Å². The third kappa shape index (κ3) is 3.34. The molecule has 0 spiro atoms. The van der Waals surface area contributed by atoms with E-state index in [1.165, 1.54) is 51.4 Å². The third-order valence-corrected chi connectivity index (χ3v) is 11.0. The topological polar surface area (TPSA) is 40.5 Å². The van der Waals surface area contributed by atoms with Gasteiger partial charge in [-0.3, -0.25) is 0 Å². The van der Waals surface area contributed by atoms with Gasteiger partial charge in [0.15, 0.2) is 0 Å². The van der Waals surface area contributed by atoms with Gasteiger partial charge in [-0.25, -0.2) is 0 Å². The van der Waals surface area contributed by atoms with Crippen LogP contribution < -0.4 is 0 Å². The van der Waals surface area contributed by atoms with Crippen LogP contribution in [0, 0.1) is 46.3 Å². The number of aliphatic hydroxyl groups excluding tert-OH is 1. The van der Waals surface area contributed by atoms with Crippen molar-refractivity contribution in [2.75, 3.05) is 0 Å². The molecule has 0 aromatic heterocycles. The largest absolute Gasteiger partial charge is 0.390 e. The molecule has 0 saturated heterocycles. The SMILES string of the molecule is CC(C)CCC[C@H](C)[C@@H]1CC[C@H]2[C@H]3C[C@H](O)[C@@]4(O)CCCC[C@]4(C)[C@@H]3CC[C@@]21C. The third-order valence-electron chi connectivity index (χ3n) is 11.0. The summed E-state index contributed by atoms with van der Waals surface area (Å²) in [6, 6.07) is 0. The summed E-state index contributed by atoms with van der Waals surface area (Å²) < 4.78 is 0. The molecule has 168 valence electrons. The monoisotopic (exact) mass is 404 g/mol. The van der Waals surface area contributed by atoms with E-state index in [9.17, 15) is 10.2 Å². The number of aliphatic hydroxyl groups is 2. The van der Waals surface area contributed by atoms with E-state index in [0.717, 1.165) is 49.4 Å². The molecule has 0 aromatic rings. The van der Waals surface area contributed by atoms with E-state index in [2.05, 4.69) is 34.6 Å². The normalized spacial score (nSPS) is 50.7. The van der Waals surface area contributed by atoms with Gasteiger partial charge in [0.1, 0.15) is 0 Å². The lowest BCUT2D eigenvalue weighted by atomic mass is 9.42. The molecule has 9 atom stereocenters. The number of hydrogen-bond donors (Lipinski definition) is 2. The molecule has 0 heterocycles. The molecule has 4 rings (SSSR count). The summed E-state index contributed by atoms with van der Waals surface area (Å²) in [6.07, 6.45) is 14.1. The highest BCUT2D eigenvalue weighted by Crippen LogP contribution is 2.69. The standard InChI is InChI=1S/C27H48O2/c1-18(2)9-8-10-19(3)21-11-12-22-20-17-24(28)27(29)15-7-6-14-26(27,5)23(20)13-16-25(21,22)4/h18-24,28-29H,6-17H2,1-5H3/t19-,20+,21-,22-,23+,24-,25+,26+,27-/m0/s1. The van der Waals surface area contributed by atoms with Gasteiger partial charge in [0, 0.05) is 5.41 Å². The molecule has 29 heavy (non-hydrogen) atoms. The van der Waals surface area contributed by atoms with Gasteiger partial charge in [0.2, 0.25) is 0 Å². The van der Waals surface area contributed by atoms with Crippen LogP contribution in [0.1, 0.15) is 112 Å². The number of fused-ring (bicyclic) bond motifs is 5. The van der Waals surface area contributed by atoms with Crippen molar-refractivity contribution in [1.82, 2.24) is 0 Å². The zero-order valence-electron chi connectivity index (χ0n) is 19.9. The van der Waals surface area contributed by atoms with Crippen molar-refractivity contribution >= 4 is 0 Å². The lowest BCUT2D eigenvalue weighted by Crippen LogP contribution is -2.67. The molecule has 0 aliphatic heterocycles. The summed E-state index contributed by atoms with van der Waals surface area (Å²) in [7, 11) is 0. The maximum Gasteiger partial charge on any atom is 0.0961 e. The van der Waals surface area contributed by atoms with Gasteiger partial charge in [-0.1, -0.05) is 66.7 Å². The van der Waals surface area contributed by atoms with E-state index in [-0.39, 0.29) is 5.41 Å². The highest BCUT2D eigenvalue weighted by Gasteiger charge is 2.66. The summed E-state index contributed by atoms with van der Waals surface area (Å²) in [5.74, 6) is 4.51. The predicted octanol–water partition coefficient (Wildman–Crippen LogP) is 6.58. The predicted molar refractivity (Wildman–Crippen MR) is 121 cm³/mol. The highest BCUT2D eigenvalue weighted by atomic mass is 16.3. The molecule has 4 aliphatic carbocycles. The molecule has 0 aromatic carbocycles. The molecule has 0 amide bonds. The Kier molecular flexibility index (Phi) is 5.95. The van der Waals surface area contributed by atoms with E-state index < -0.39 is 11.7 Å². The fourth-order valence-corrected chi connectivity index (χ4v) is 9.33. The minimum absolute atomic E-state index is 0.0735. The first-order chi connectivity index (χ1) is 13.6. The Hall–Kier alpha value is -0.0800. The second-order valence-corrected chi connectivity index (χ2v) is 12.7. The van der Waals surface area contributed by atoms with Crippen molar-refractivity contribution < 1.29 is 10.2 Å². The molecule has 0 unspecified atom stereocenters. The first-order valence-electron chi connectivity index (χ1n) is 13.0. The first-order valence-corrected chi connectivity index (χ1v) is 13.0. The average molecular weight is 405 g/mol. The van der Waals surface area contributed by atoms with Crippen molar-refractivity contribution in [2.24, 2.45) is 46.3 Å². The first kappa shape index (κ1) is 22.1. The van der Waals surface area contributed by atoms with Crippen LogP contribution in [0.2, 0.25) is 0 Å². The zero-order chi connectivity index (χ0) is 21.0. The van der Waals surface area contributed by atoms with Crippen molar-refractivity contribution in [1.29, 1.82) is 0 Å². The summed E-state index contributed by atoms with van der Waals surface area (Å²) in [5.41, 5.74) is -0.448. The van der Waals surface area contributed by atoms with Crippen molar-refractivity contribution in [2.45, 2.75) is 123 Å². The van der Waals surface area contributed by atoms with Crippen molar-refractivity contribution in [3.8, 4) is 0 Å². The van der Waals surface area contributed by atoms with Gasteiger partial charge in [-0.05, 0) is 85.9 Å². The summed E-state index contributed by atoms with van der Waals surface area (Å²) in [6.45, 7) is 12.2. The van der Waals surface area contributed by atoms with Crippen LogP contribution in [0.4, 0.5) is 0 Å². The van der Waals surface area contributed by atoms with E-state index >= 15 is 0 Å². The van der Waals surface area contributed by atoms with Gasteiger partial charge in [-0.2, -0.15) is 0 Å². The molecule has 4 fully saturated rings. The quantitative estimate of drug-likeness (QED) is 0.543. The Balaban J connectivity index is 1.53. The average Bonchev–Trinajstić information content (AvgIpc) is 3.01. The molecule has 4 saturated carbocycles. The Morgan fingerprint density at radius 3 is 2.34 bits per heavy atom. The van der Waals surface area contributed by atoms with Crippen LogP contribution in [-0.4, -0.2) is 21.9 Å². The Bertz CT molecular complexity index is 587. The van der Waals surface area contributed by atoms with Gasteiger partial charge in [-0.15, -0.1) is 0 Å². The van der Waals surface area contributed by atoms with Gasteiger partial charge < -0.3 is 10.2 Å². The molecule has 2 heteroatoms. The van der Waals surface area contributed by atoms with Crippen LogP contribution in [0.5, 0.6) is 0 Å². The molecule has 4 aliphatic rings. The molecular formula is C27H48O2. The lowest BCUT2D eigenvalue weighted by molar-refractivity contribution is -0.253. The van der Waals surface area contributed by atoms with E-state index in [1.807, 2.05) is 0 Å². The summed E-state index contributed by atoms with van der Waals surface area (Å²) in [4.78, 5) is 0. The highest BCUT2D eigenvalue weighted by molar-refractivity contribution is 5.16. The van der Waals surface area contributed by atoms with Crippen LogP contribution in [0.3, 0.4) is 0 Å². The minimum Gasteiger partial charge on any atom is -0.390 e. The lowest BCUT2D eigenvalue weighted by Gasteiger charge is -2.65. The fourth-order valence-electron chi connectivity index (χ4n) is 9.33. The molecule has 0 bridgehead atoms. The smallest absolute Gasteiger partial charge is 0.0961 e. The van der Waals surface area contributed by atoms with Crippen LogP contribution >= 0.6 is 0 Å².